The average molecular weight is 377 g/mol. The van der Waals surface area contributed by atoms with Gasteiger partial charge in [0.15, 0.2) is 0 Å². The largest absolute Gasteiger partial charge is 0.491 e. The molecule has 1 saturated carbocycles. The fourth-order valence-electron chi connectivity index (χ4n) is 2.57. The van der Waals surface area contributed by atoms with Gasteiger partial charge < -0.3 is 24.8 Å². The molecule has 2 rings (SSSR count). The van der Waals surface area contributed by atoms with E-state index >= 15 is 0 Å². The maximum atomic E-state index is 12.1. The van der Waals surface area contributed by atoms with Crippen LogP contribution in [-0.4, -0.2) is 40.1 Å². The molecule has 0 bridgehead atoms. The summed E-state index contributed by atoms with van der Waals surface area (Å²) in [6.07, 6.45) is 1.26. The molecule has 7 heteroatoms. The molecule has 1 amide bonds. The molecule has 0 saturated heterocycles. The number of ether oxygens (including phenoxy) is 1. The van der Waals surface area contributed by atoms with E-state index in [1.54, 1.807) is 39.8 Å². The molecule has 0 atom stereocenters. The highest BCUT2D eigenvalue weighted by Crippen LogP contribution is 2.45. The Morgan fingerprint density at radius 1 is 1.07 bits per heavy atom. The van der Waals surface area contributed by atoms with Gasteiger partial charge in [-0.15, -0.1) is 0 Å². The van der Waals surface area contributed by atoms with Crippen LogP contribution in [0.5, 0.6) is 0 Å². The van der Waals surface area contributed by atoms with Crippen LogP contribution in [0.15, 0.2) is 24.3 Å². The Hall–Kier alpha value is -1.57. The second kappa shape index (κ2) is 7.11. The Bertz CT molecular complexity index is 669. The number of carbonyl (C=O) groups is 1. The molecule has 150 valence electrons. The SMILES string of the molecule is CC(C)(C)OC(=O)NC1(c2ccc(B(O)OC(C)(C)C(C)(C)O)cc2)CC1. The number of alkyl carbamates (subject to hydrolysis) is 1. The third kappa shape index (κ3) is 5.47. The molecule has 0 aromatic heterocycles. The predicted octanol–water partition coefficient (Wildman–Crippen LogP) is 2.45. The van der Waals surface area contributed by atoms with Crippen LogP contribution < -0.4 is 10.8 Å². The molecule has 6 nitrogen and oxygen atoms in total. The molecule has 1 fully saturated rings. The lowest BCUT2D eigenvalue weighted by Crippen LogP contribution is -2.53. The highest BCUT2D eigenvalue weighted by atomic mass is 16.6. The van der Waals surface area contributed by atoms with Crippen molar-refractivity contribution in [3.63, 3.8) is 0 Å². The fourth-order valence-corrected chi connectivity index (χ4v) is 2.57. The molecule has 1 aromatic rings. The summed E-state index contributed by atoms with van der Waals surface area (Å²) in [5.41, 5.74) is -1.43. The summed E-state index contributed by atoms with van der Waals surface area (Å²) in [6, 6.07) is 7.31. The first-order valence-electron chi connectivity index (χ1n) is 9.35. The van der Waals surface area contributed by atoms with Crippen LogP contribution in [0.2, 0.25) is 0 Å². The van der Waals surface area contributed by atoms with E-state index in [9.17, 15) is 14.9 Å². The molecule has 1 aromatic carbocycles. The second-order valence-electron chi connectivity index (χ2n) is 9.37. The Morgan fingerprint density at radius 2 is 1.59 bits per heavy atom. The van der Waals surface area contributed by atoms with Crippen LogP contribution in [0.4, 0.5) is 4.79 Å². The van der Waals surface area contributed by atoms with Gasteiger partial charge in [0.05, 0.1) is 16.7 Å². The fraction of sp³-hybridized carbons (Fsp3) is 0.650. The monoisotopic (exact) mass is 377 g/mol. The van der Waals surface area contributed by atoms with Crippen molar-refractivity contribution in [2.45, 2.75) is 83.6 Å². The number of carbonyl (C=O) groups excluding carboxylic acids is 1. The van der Waals surface area contributed by atoms with E-state index in [2.05, 4.69) is 5.32 Å². The second-order valence-corrected chi connectivity index (χ2v) is 9.37. The van der Waals surface area contributed by atoms with E-state index in [0.717, 1.165) is 18.4 Å². The zero-order valence-corrected chi connectivity index (χ0v) is 17.4. The van der Waals surface area contributed by atoms with Gasteiger partial charge >= 0.3 is 13.2 Å². The number of benzene rings is 1. The third-order valence-electron chi connectivity index (χ3n) is 5.12. The van der Waals surface area contributed by atoms with Crippen LogP contribution in [0.1, 0.15) is 66.9 Å². The summed E-state index contributed by atoms with van der Waals surface area (Å²) in [7, 11) is -1.16. The van der Waals surface area contributed by atoms with Gasteiger partial charge in [-0.2, -0.15) is 0 Å². The molecule has 0 radical (unpaired) electrons. The van der Waals surface area contributed by atoms with Gasteiger partial charge in [0.25, 0.3) is 0 Å². The molecule has 0 spiro atoms. The van der Waals surface area contributed by atoms with Crippen molar-refractivity contribution >= 4 is 18.7 Å². The lowest BCUT2D eigenvalue weighted by Gasteiger charge is -2.38. The van der Waals surface area contributed by atoms with E-state index in [1.807, 2.05) is 32.9 Å². The van der Waals surface area contributed by atoms with Crippen molar-refractivity contribution in [2.24, 2.45) is 0 Å². The van der Waals surface area contributed by atoms with Crippen molar-refractivity contribution in [1.82, 2.24) is 5.32 Å². The normalized spacial score (nSPS) is 16.6. The molecular formula is C20H32BNO5. The maximum Gasteiger partial charge on any atom is 0.491 e. The minimum atomic E-state index is -1.16. The zero-order chi connectivity index (χ0) is 20.7. The molecule has 1 aliphatic rings. The number of aliphatic hydroxyl groups is 1. The Labute approximate surface area is 162 Å². The lowest BCUT2D eigenvalue weighted by molar-refractivity contribution is -0.0982. The van der Waals surface area contributed by atoms with E-state index in [4.69, 9.17) is 9.39 Å². The predicted molar refractivity (Wildman–Crippen MR) is 106 cm³/mol. The number of hydrogen-bond donors (Lipinski definition) is 3. The number of rotatable bonds is 6. The van der Waals surface area contributed by atoms with E-state index in [1.165, 1.54) is 0 Å². The van der Waals surface area contributed by atoms with Gasteiger partial charge in [-0.05, 0) is 72.3 Å². The third-order valence-corrected chi connectivity index (χ3v) is 5.12. The number of hydrogen-bond acceptors (Lipinski definition) is 5. The van der Waals surface area contributed by atoms with Gasteiger partial charge in [0.2, 0.25) is 0 Å². The molecule has 1 aliphatic carbocycles. The highest BCUT2D eigenvalue weighted by Gasteiger charge is 2.47. The molecule has 0 unspecified atom stereocenters. The Balaban J connectivity index is 2.06. The minimum absolute atomic E-state index is 0.404. The summed E-state index contributed by atoms with van der Waals surface area (Å²) in [5, 5.41) is 23.5. The van der Waals surface area contributed by atoms with Crippen LogP contribution in [-0.2, 0) is 14.9 Å². The smallest absolute Gasteiger partial charge is 0.444 e. The average Bonchev–Trinajstić information content (AvgIpc) is 3.24. The van der Waals surface area contributed by atoms with Gasteiger partial charge in [0.1, 0.15) is 5.60 Å². The summed E-state index contributed by atoms with van der Waals surface area (Å²) in [5.74, 6) is 0. The Kier molecular flexibility index (Phi) is 5.73. The molecule has 0 aliphatic heterocycles. The van der Waals surface area contributed by atoms with Crippen molar-refractivity contribution in [3.8, 4) is 0 Å². The topological polar surface area (TPSA) is 88.0 Å². The molecule has 0 heterocycles. The first-order chi connectivity index (χ1) is 12.2. The Morgan fingerprint density at radius 3 is 2.00 bits per heavy atom. The quantitative estimate of drug-likeness (QED) is 0.663. The number of amides is 1. The van der Waals surface area contributed by atoms with Crippen LogP contribution in [0, 0.1) is 0 Å². The zero-order valence-electron chi connectivity index (χ0n) is 17.4. The van der Waals surface area contributed by atoms with E-state index in [-0.39, 0.29) is 0 Å². The minimum Gasteiger partial charge on any atom is -0.444 e. The van der Waals surface area contributed by atoms with Crippen LogP contribution in [0.3, 0.4) is 0 Å². The van der Waals surface area contributed by atoms with Gasteiger partial charge in [0, 0.05) is 0 Å². The van der Waals surface area contributed by atoms with Gasteiger partial charge in [-0.1, -0.05) is 24.3 Å². The van der Waals surface area contributed by atoms with Crippen molar-refractivity contribution in [3.05, 3.63) is 29.8 Å². The van der Waals surface area contributed by atoms with Crippen molar-refractivity contribution < 1.29 is 24.3 Å². The van der Waals surface area contributed by atoms with Gasteiger partial charge in [-0.3, -0.25) is 0 Å². The summed E-state index contributed by atoms with van der Waals surface area (Å²) < 4.78 is 11.0. The van der Waals surface area contributed by atoms with Gasteiger partial charge in [-0.25, -0.2) is 4.79 Å². The van der Waals surface area contributed by atoms with Crippen molar-refractivity contribution in [1.29, 1.82) is 0 Å². The van der Waals surface area contributed by atoms with Crippen LogP contribution in [0.25, 0.3) is 0 Å². The number of nitrogens with one attached hydrogen (secondary N) is 1. The van der Waals surface area contributed by atoms with E-state index in [0.29, 0.717) is 5.46 Å². The summed E-state index contributed by atoms with van der Waals surface area (Å²) in [6.45, 7) is 12.2. The standard InChI is InChI=1S/C20H32BNO5/c1-17(2,3)26-16(23)22-20(12-13-20)14-8-10-15(11-9-14)21(25)27-19(6,7)18(4,5)24/h8-11,24-25H,12-13H2,1-7H3,(H,22,23). The summed E-state index contributed by atoms with van der Waals surface area (Å²) >= 11 is 0. The summed E-state index contributed by atoms with van der Waals surface area (Å²) in [4.78, 5) is 12.1. The lowest BCUT2D eigenvalue weighted by atomic mass is 9.76. The molecular weight excluding hydrogens is 345 g/mol. The first kappa shape index (κ1) is 21.7. The van der Waals surface area contributed by atoms with Crippen LogP contribution >= 0.6 is 0 Å². The highest BCUT2D eigenvalue weighted by molar-refractivity contribution is 6.60. The first-order valence-corrected chi connectivity index (χ1v) is 9.35. The maximum absolute atomic E-state index is 12.1. The molecule has 27 heavy (non-hydrogen) atoms. The van der Waals surface area contributed by atoms with Crippen molar-refractivity contribution in [2.75, 3.05) is 0 Å². The molecule has 3 N–H and O–H groups in total. The van der Waals surface area contributed by atoms with E-state index < -0.39 is 35.6 Å².